The Morgan fingerprint density at radius 3 is 2.20 bits per heavy atom. The minimum Gasteiger partial charge on any atom is -0.501 e. The number of fused-ring (bicyclic) bond motifs is 3. The van der Waals surface area contributed by atoms with Gasteiger partial charge in [0, 0.05) is 37.9 Å². The van der Waals surface area contributed by atoms with Crippen LogP contribution < -0.4 is 5.19 Å². The predicted octanol–water partition coefficient (Wildman–Crippen LogP) is 10.5. The molecule has 6 heteroatoms. The van der Waals surface area contributed by atoms with Crippen LogP contribution in [0.1, 0.15) is 25.3 Å². The Kier molecular flexibility index (Phi) is 10.1. The molecule has 3 aromatic heterocycles. The van der Waals surface area contributed by atoms with Gasteiger partial charge in [0.15, 0.2) is 0 Å². The quantitative estimate of drug-likeness (QED) is 0.129. The van der Waals surface area contributed by atoms with Crippen LogP contribution in [0.3, 0.4) is 0 Å². The van der Waals surface area contributed by atoms with Crippen LogP contribution in [0, 0.1) is 17.9 Å². The van der Waals surface area contributed by atoms with Crippen LogP contribution >= 0.6 is 0 Å². The maximum atomic E-state index is 13.3. The van der Waals surface area contributed by atoms with E-state index in [1.807, 2.05) is 67.0 Å². The van der Waals surface area contributed by atoms with Crippen molar-refractivity contribution in [3.05, 3.63) is 139 Å². The van der Waals surface area contributed by atoms with Gasteiger partial charge in [-0.25, -0.2) is 4.39 Å². The Labute approximate surface area is 284 Å². The van der Waals surface area contributed by atoms with Gasteiger partial charge in [-0.05, 0) is 57.9 Å². The Bertz CT molecular complexity index is 2070. The summed E-state index contributed by atoms with van der Waals surface area (Å²) in [5.74, 6) is 0.180. The summed E-state index contributed by atoms with van der Waals surface area (Å²) in [6, 6.07) is 39.4. The molecule has 0 amide bonds. The van der Waals surface area contributed by atoms with Crippen LogP contribution in [0.5, 0.6) is 0 Å². The van der Waals surface area contributed by atoms with Gasteiger partial charge in [-0.3, -0.25) is 0 Å². The van der Waals surface area contributed by atoms with E-state index in [-0.39, 0.29) is 25.9 Å². The van der Waals surface area contributed by atoms with E-state index in [1.54, 1.807) is 12.1 Å². The SMILES string of the molecule is CC(C)c1ccnc(-c2[c-]ccc3c2oc2cc(-c4ccc(F)cc4)ccc23)c1.C[Si](C)(C)c1ccc(-c2[c-]cccc2)nc1.[Ir]. The predicted molar refractivity (Wildman–Crippen MR) is 187 cm³/mol. The van der Waals surface area contributed by atoms with Gasteiger partial charge in [-0.1, -0.05) is 92.5 Å². The van der Waals surface area contributed by atoms with E-state index in [9.17, 15) is 4.39 Å². The van der Waals surface area contributed by atoms with E-state index in [2.05, 4.69) is 79.9 Å². The van der Waals surface area contributed by atoms with Crippen LogP contribution in [-0.4, -0.2) is 18.0 Å². The van der Waals surface area contributed by atoms with Gasteiger partial charge in [0.2, 0.25) is 0 Å². The molecule has 0 bridgehead atoms. The van der Waals surface area contributed by atoms with E-state index in [1.165, 1.54) is 22.9 Å². The molecule has 0 fully saturated rings. The van der Waals surface area contributed by atoms with Gasteiger partial charge in [-0.2, -0.15) is 0 Å². The summed E-state index contributed by atoms with van der Waals surface area (Å²) < 4.78 is 19.5. The fraction of sp³-hybridized carbons (Fsp3) is 0.150. The molecule has 0 atom stereocenters. The number of hydrogen-bond acceptors (Lipinski definition) is 3. The average molecular weight is 799 g/mol. The molecule has 3 nitrogen and oxygen atoms in total. The molecule has 233 valence electrons. The minimum absolute atomic E-state index is 0. The number of aromatic nitrogens is 2. The van der Waals surface area contributed by atoms with Gasteiger partial charge >= 0.3 is 0 Å². The van der Waals surface area contributed by atoms with Crippen molar-refractivity contribution in [1.82, 2.24) is 9.97 Å². The maximum absolute atomic E-state index is 13.3. The Balaban J connectivity index is 0.000000209. The molecule has 0 spiro atoms. The van der Waals surface area contributed by atoms with Crippen molar-refractivity contribution in [2.75, 3.05) is 0 Å². The van der Waals surface area contributed by atoms with E-state index in [0.29, 0.717) is 5.92 Å². The molecule has 0 aliphatic rings. The third-order valence-corrected chi connectivity index (χ3v) is 9.96. The first-order valence-corrected chi connectivity index (χ1v) is 18.7. The van der Waals surface area contributed by atoms with Gasteiger partial charge < -0.3 is 14.4 Å². The van der Waals surface area contributed by atoms with Crippen molar-refractivity contribution in [1.29, 1.82) is 0 Å². The number of benzene rings is 4. The van der Waals surface area contributed by atoms with E-state index in [4.69, 9.17) is 4.42 Å². The van der Waals surface area contributed by atoms with Gasteiger partial charge in [0.1, 0.15) is 11.4 Å². The van der Waals surface area contributed by atoms with Crippen molar-refractivity contribution in [2.24, 2.45) is 0 Å². The van der Waals surface area contributed by atoms with Crippen molar-refractivity contribution in [2.45, 2.75) is 39.4 Å². The molecular weight excluding hydrogens is 764 g/mol. The average Bonchev–Trinajstić information content (AvgIpc) is 3.44. The van der Waals surface area contributed by atoms with Crippen molar-refractivity contribution >= 4 is 35.2 Å². The molecule has 0 unspecified atom stereocenters. The fourth-order valence-electron chi connectivity index (χ4n) is 5.25. The Morgan fingerprint density at radius 1 is 0.739 bits per heavy atom. The first-order chi connectivity index (χ1) is 21.7. The molecule has 0 N–H and O–H groups in total. The Morgan fingerprint density at radius 2 is 1.52 bits per heavy atom. The monoisotopic (exact) mass is 799 g/mol. The molecule has 7 aromatic rings. The molecule has 7 rings (SSSR count). The first kappa shape index (κ1) is 33.1. The first-order valence-electron chi connectivity index (χ1n) is 15.2. The third kappa shape index (κ3) is 7.26. The summed E-state index contributed by atoms with van der Waals surface area (Å²) in [6.45, 7) is 11.3. The second kappa shape index (κ2) is 14.0. The van der Waals surface area contributed by atoms with Crippen LogP contribution in [0.15, 0.2) is 120 Å². The second-order valence-corrected chi connectivity index (χ2v) is 17.6. The molecule has 46 heavy (non-hydrogen) atoms. The third-order valence-electron chi connectivity index (χ3n) is 7.93. The van der Waals surface area contributed by atoms with Crippen LogP contribution in [-0.2, 0) is 20.1 Å². The molecule has 4 aromatic carbocycles. The van der Waals surface area contributed by atoms with E-state index < -0.39 is 8.07 Å². The molecule has 3 heterocycles. The smallest absolute Gasteiger partial charge is 0.123 e. The van der Waals surface area contributed by atoms with Gasteiger partial charge in [-0.15, -0.1) is 54.1 Å². The summed E-state index contributed by atoms with van der Waals surface area (Å²) in [5.41, 5.74) is 8.54. The maximum Gasteiger partial charge on any atom is 0.123 e. The zero-order chi connectivity index (χ0) is 31.6. The summed E-state index contributed by atoms with van der Waals surface area (Å²) in [4.78, 5) is 9.08. The fourth-order valence-corrected chi connectivity index (χ4v) is 6.28. The van der Waals surface area contributed by atoms with E-state index >= 15 is 0 Å². The van der Waals surface area contributed by atoms with Gasteiger partial charge in [0.25, 0.3) is 0 Å². The normalized spacial score (nSPS) is 11.3. The van der Waals surface area contributed by atoms with Crippen molar-refractivity contribution < 1.29 is 28.9 Å². The summed E-state index contributed by atoms with van der Waals surface area (Å²) in [7, 11) is -1.23. The molecule has 0 aliphatic heterocycles. The van der Waals surface area contributed by atoms with Crippen LogP contribution in [0.2, 0.25) is 19.6 Å². The topological polar surface area (TPSA) is 38.9 Å². The number of pyridine rings is 2. The minimum atomic E-state index is -1.23. The summed E-state index contributed by atoms with van der Waals surface area (Å²) >= 11 is 0. The van der Waals surface area contributed by atoms with Crippen molar-refractivity contribution in [3.8, 4) is 33.6 Å². The summed E-state index contributed by atoms with van der Waals surface area (Å²) in [5, 5.41) is 3.48. The summed E-state index contributed by atoms with van der Waals surface area (Å²) in [6.07, 6.45) is 3.86. The zero-order valence-corrected chi connectivity index (χ0v) is 30.0. The zero-order valence-electron chi connectivity index (χ0n) is 26.6. The molecule has 0 saturated heterocycles. The standard InChI is InChI=1S/C26H19FNO.C14H16NSi.Ir/c1-16(2)18-12-13-28-24(14-18)23-5-3-4-22-21-11-8-19(15-25(21)29-26(22)23)17-6-9-20(27)10-7-17;1-16(2,3)13-9-10-14(15-11-13)12-7-5-4-6-8-12;/h3-4,6-16H,1-2H3;4-7,9-11H,1-3H3;/q2*-1;. The Hall–Kier alpha value is -4.22. The number of halogens is 1. The largest absolute Gasteiger partial charge is 0.501 e. The van der Waals surface area contributed by atoms with Crippen LogP contribution in [0.25, 0.3) is 55.6 Å². The number of rotatable bonds is 5. The number of hydrogen-bond donors (Lipinski definition) is 0. The molecule has 1 radical (unpaired) electrons. The number of nitrogens with zero attached hydrogens (tertiary/aromatic N) is 2. The second-order valence-electron chi connectivity index (χ2n) is 12.5. The molecular formula is C40H35FIrN2OSi-2. The number of furan rings is 1. The molecule has 0 aliphatic carbocycles. The van der Waals surface area contributed by atoms with E-state index in [0.717, 1.165) is 55.6 Å². The van der Waals surface area contributed by atoms with Gasteiger partial charge in [0.05, 0.1) is 13.7 Å². The molecule has 0 saturated carbocycles. The van der Waals surface area contributed by atoms with Crippen LogP contribution in [0.4, 0.5) is 4.39 Å². The van der Waals surface area contributed by atoms with Crippen molar-refractivity contribution in [3.63, 3.8) is 0 Å².